The molecule has 4 atom stereocenters. The normalized spacial score (nSPS) is 38.4. The van der Waals surface area contributed by atoms with Crippen molar-refractivity contribution in [2.45, 2.75) is 51.4 Å². The van der Waals surface area contributed by atoms with Gasteiger partial charge in [-0.15, -0.1) is 0 Å². The van der Waals surface area contributed by atoms with Gasteiger partial charge in [0.25, 0.3) is 0 Å². The van der Waals surface area contributed by atoms with Crippen molar-refractivity contribution in [3.63, 3.8) is 0 Å². The van der Waals surface area contributed by atoms with Crippen molar-refractivity contribution in [2.75, 3.05) is 4.72 Å². The molecule has 1 N–H and O–H groups in total. The summed E-state index contributed by atoms with van der Waals surface area (Å²) in [7, 11) is -3.69. The van der Waals surface area contributed by atoms with Crippen molar-refractivity contribution < 1.29 is 17.4 Å². The lowest BCUT2D eigenvalue weighted by Crippen LogP contribution is -2.42. The standard InChI is InChI=1S/C18H21NO4S/c1-18-9-8-11-10-4-6-15-17(19-24(21,22)23-15)13(10)3-2-12(11)14(18)5-7-16(18)20/h4,6,11-12,14,19H,2-3,5,7-9H2,1H3. The summed E-state index contributed by atoms with van der Waals surface area (Å²) < 4.78 is 31.0. The zero-order chi connectivity index (χ0) is 16.7. The first kappa shape index (κ1) is 14.8. The predicted molar refractivity (Wildman–Crippen MR) is 89.2 cm³/mol. The van der Waals surface area contributed by atoms with E-state index < -0.39 is 10.3 Å². The molecule has 128 valence electrons. The van der Waals surface area contributed by atoms with E-state index in [2.05, 4.69) is 11.6 Å². The molecule has 4 aliphatic rings. The molecule has 1 heterocycles. The molecule has 4 unspecified atom stereocenters. The number of hydrogen-bond donors (Lipinski definition) is 1. The number of Topliss-reactive ketones (excluding diaryl/α,β-unsaturated/α-hetero) is 1. The van der Waals surface area contributed by atoms with Crippen LogP contribution < -0.4 is 8.91 Å². The van der Waals surface area contributed by atoms with E-state index in [1.54, 1.807) is 6.07 Å². The minimum Gasteiger partial charge on any atom is -0.365 e. The van der Waals surface area contributed by atoms with Gasteiger partial charge in [-0.3, -0.25) is 4.79 Å². The summed E-state index contributed by atoms with van der Waals surface area (Å²) in [5, 5.41) is 0. The van der Waals surface area contributed by atoms with Gasteiger partial charge < -0.3 is 4.18 Å². The van der Waals surface area contributed by atoms with E-state index in [0.29, 0.717) is 35.0 Å². The quantitative estimate of drug-likeness (QED) is 0.782. The maximum absolute atomic E-state index is 12.4. The van der Waals surface area contributed by atoms with E-state index in [1.807, 2.05) is 6.07 Å². The summed E-state index contributed by atoms with van der Waals surface area (Å²) in [5.41, 5.74) is 2.88. The van der Waals surface area contributed by atoms with E-state index in [9.17, 15) is 13.2 Å². The molecule has 5 nitrogen and oxygen atoms in total. The summed E-state index contributed by atoms with van der Waals surface area (Å²) in [6.45, 7) is 2.17. The number of ketones is 1. The molecule has 0 aromatic heterocycles. The SMILES string of the molecule is CC12CCC3c4ccc5c(c4CCC3C1CCC2=O)NS(=O)(=O)O5. The summed E-state index contributed by atoms with van der Waals surface area (Å²) in [6.07, 6.45) is 5.61. The lowest BCUT2D eigenvalue weighted by atomic mass is 9.55. The highest BCUT2D eigenvalue weighted by Gasteiger charge is 2.54. The lowest BCUT2D eigenvalue weighted by molar-refractivity contribution is -0.129. The topological polar surface area (TPSA) is 72.5 Å². The Morgan fingerprint density at radius 2 is 2.04 bits per heavy atom. The fraction of sp³-hybridized carbons (Fsp3) is 0.611. The Labute approximate surface area is 142 Å². The Hall–Kier alpha value is -1.56. The fourth-order valence-corrected chi connectivity index (χ4v) is 6.75. The molecule has 0 saturated heterocycles. The van der Waals surface area contributed by atoms with Crippen molar-refractivity contribution in [1.29, 1.82) is 0 Å². The number of hydrogen-bond acceptors (Lipinski definition) is 4. The third-order valence-electron chi connectivity index (χ3n) is 7.01. The average Bonchev–Trinajstić information content (AvgIpc) is 3.02. The van der Waals surface area contributed by atoms with Gasteiger partial charge in [-0.1, -0.05) is 13.0 Å². The molecule has 1 aromatic carbocycles. The maximum Gasteiger partial charge on any atom is 0.407 e. The molecule has 24 heavy (non-hydrogen) atoms. The number of anilines is 1. The lowest BCUT2D eigenvalue weighted by Gasteiger charge is -2.48. The molecule has 6 heteroatoms. The first-order valence-electron chi connectivity index (χ1n) is 8.80. The fourth-order valence-electron chi connectivity index (χ4n) is 5.86. The molecular formula is C18H21NO4S. The molecule has 0 spiro atoms. The number of rotatable bonds is 0. The van der Waals surface area contributed by atoms with E-state index in [1.165, 1.54) is 5.56 Å². The number of benzene rings is 1. The molecule has 2 saturated carbocycles. The number of carbonyl (C=O) groups excluding carboxylic acids is 1. The molecule has 2 fully saturated rings. The molecule has 1 aromatic rings. The van der Waals surface area contributed by atoms with Crippen LogP contribution in [0.2, 0.25) is 0 Å². The van der Waals surface area contributed by atoms with Gasteiger partial charge in [0.05, 0.1) is 5.69 Å². The predicted octanol–water partition coefficient (Wildman–Crippen LogP) is 3.16. The number of fused-ring (bicyclic) bond motifs is 7. The third-order valence-corrected chi connectivity index (χ3v) is 7.86. The first-order chi connectivity index (χ1) is 11.4. The Kier molecular flexibility index (Phi) is 2.79. The smallest absolute Gasteiger partial charge is 0.365 e. The molecular weight excluding hydrogens is 326 g/mol. The Morgan fingerprint density at radius 1 is 1.21 bits per heavy atom. The summed E-state index contributed by atoms with van der Waals surface area (Å²) in [6, 6.07) is 3.83. The van der Waals surface area contributed by atoms with Gasteiger partial charge in [-0.2, -0.15) is 8.42 Å². The first-order valence-corrected chi connectivity index (χ1v) is 10.2. The van der Waals surface area contributed by atoms with E-state index in [0.717, 1.165) is 44.1 Å². The van der Waals surface area contributed by atoms with Gasteiger partial charge in [-0.05, 0) is 67.1 Å². The molecule has 3 aliphatic carbocycles. The van der Waals surface area contributed by atoms with E-state index in [-0.39, 0.29) is 5.41 Å². The van der Waals surface area contributed by atoms with Gasteiger partial charge in [0.1, 0.15) is 5.78 Å². The number of carbonyl (C=O) groups is 1. The third kappa shape index (κ3) is 1.80. The van der Waals surface area contributed by atoms with E-state index in [4.69, 9.17) is 4.18 Å². The van der Waals surface area contributed by atoms with Crippen LogP contribution in [0.4, 0.5) is 5.69 Å². The van der Waals surface area contributed by atoms with Crippen molar-refractivity contribution in [3.05, 3.63) is 23.3 Å². The molecule has 0 amide bonds. The minimum absolute atomic E-state index is 0.125. The van der Waals surface area contributed by atoms with Crippen molar-refractivity contribution in [3.8, 4) is 5.75 Å². The van der Waals surface area contributed by atoms with Gasteiger partial charge in [0, 0.05) is 11.8 Å². The van der Waals surface area contributed by atoms with Crippen LogP contribution in [0, 0.1) is 17.3 Å². The highest BCUT2D eigenvalue weighted by atomic mass is 32.2. The van der Waals surface area contributed by atoms with Gasteiger partial charge >= 0.3 is 10.3 Å². The van der Waals surface area contributed by atoms with Crippen LogP contribution in [0.3, 0.4) is 0 Å². The van der Waals surface area contributed by atoms with Crippen LogP contribution in [-0.4, -0.2) is 14.2 Å². The van der Waals surface area contributed by atoms with Crippen LogP contribution in [0.15, 0.2) is 12.1 Å². The summed E-state index contributed by atoms with van der Waals surface area (Å²) in [5.74, 6) is 2.33. The average molecular weight is 347 g/mol. The Bertz CT molecular complexity index is 862. The largest absolute Gasteiger partial charge is 0.407 e. The van der Waals surface area contributed by atoms with Crippen LogP contribution in [0.5, 0.6) is 5.75 Å². The van der Waals surface area contributed by atoms with E-state index >= 15 is 0 Å². The maximum atomic E-state index is 12.4. The molecule has 5 rings (SSSR count). The van der Waals surface area contributed by atoms with Crippen molar-refractivity contribution in [2.24, 2.45) is 17.3 Å². The van der Waals surface area contributed by atoms with Crippen LogP contribution in [-0.2, 0) is 21.5 Å². The Morgan fingerprint density at radius 3 is 2.88 bits per heavy atom. The zero-order valence-corrected chi connectivity index (χ0v) is 14.5. The number of nitrogens with one attached hydrogen (secondary N) is 1. The Balaban J connectivity index is 1.57. The van der Waals surface area contributed by atoms with Crippen molar-refractivity contribution >= 4 is 21.8 Å². The van der Waals surface area contributed by atoms with Crippen LogP contribution in [0.1, 0.15) is 56.1 Å². The minimum atomic E-state index is -3.69. The monoisotopic (exact) mass is 347 g/mol. The molecule has 0 radical (unpaired) electrons. The second-order valence-corrected chi connectivity index (χ2v) is 9.26. The second-order valence-electron chi connectivity index (χ2n) is 7.98. The summed E-state index contributed by atoms with van der Waals surface area (Å²) in [4.78, 5) is 12.4. The zero-order valence-electron chi connectivity index (χ0n) is 13.7. The molecule has 0 bridgehead atoms. The van der Waals surface area contributed by atoms with Gasteiger partial charge in [-0.25, -0.2) is 4.72 Å². The second kappa shape index (κ2) is 4.54. The van der Waals surface area contributed by atoms with Crippen LogP contribution >= 0.6 is 0 Å². The molecule has 1 aliphatic heterocycles. The highest BCUT2D eigenvalue weighted by molar-refractivity contribution is 7.88. The summed E-state index contributed by atoms with van der Waals surface area (Å²) >= 11 is 0. The van der Waals surface area contributed by atoms with Crippen LogP contribution in [0.25, 0.3) is 0 Å². The van der Waals surface area contributed by atoms with Gasteiger partial charge in [0.2, 0.25) is 0 Å². The van der Waals surface area contributed by atoms with Gasteiger partial charge in [0.15, 0.2) is 5.75 Å². The highest BCUT2D eigenvalue weighted by Crippen LogP contribution is 2.60. The van der Waals surface area contributed by atoms with Crippen molar-refractivity contribution in [1.82, 2.24) is 0 Å².